The molecule has 2 unspecified atom stereocenters. The van der Waals surface area contributed by atoms with Gasteiger partial charge in [0.05, 0.1) is 25.4 Å². The third-order valence-corrected chi connectivity index (χ3v) is 3.51. The van der Waals surface area contributed by atoms with E-state index in [9.17, 15) is 9.90 Å². The molecule has 1 aliphatic heterocycles. The Morgan fingerprint density at radius 3 is 2.65 bits per heavy atom. The Morgan fingerprint density at radius 2 is 2.00 bits per heavy atom. The number of hydrogen-bond donors (Lipinski definition) is 2. The molecule has 1 aromatic rings. The van der Waals surface area contributed by atoms with Crippen LogP contribution in [-0.4, -0.2) is 54.5 Å². The van der Waals surface area contributed by atoms with Crippen molar-refractivity contribution in [3.05, 3.63) is 35.9 Å². The summed E-state index contributed by atoms with van der Waals surface area (Å²) in [6, 6.07) is 9.36. The van der Waals surface area contributed by atoms with E-state index in [1.807, 2.05) is 37.3 Å². The van der Waals surface area contributed by atoms with E-state index in [-0.39, 0.29) is 12.1 Å². The van der Waals surface area contributed by atoms with Crippen molar-refractivity contribution < 1.29 is 14.6 Å². The third kappa shape index (κ3) is 4.21. The molecule has 2 N–H and O–H groups in total. The summed E-state index contributed by atoms with van der Waals surface area (Å²) in [4.78, 5) is 13.7. The van der Waals surface area contributed by atoms with Crippen molar-refractivity contribution in [2.24, 2.45) is 0 Å². The zero-order valence-corrected chi connectivity index (χ0v) is 11.8. The Hall–Kier alpha value is -1.59. The van der Waals surface area contributed by atoms with E-state index in [1.54, 1.807) is 4.90 Å². The fraction of sp³-hybridized carbons (Fsp3) is 0.533. The number of aliphatic hydroxyl groups is 1. The highest BCUT2D eigenvalue weighted by Crippen LogP contribution is 2.07. The second-order valence-electron chi connectivity index (χ2n) is 5.09. The number of benzene rings is 1. The maximum atomic E-state index is 12.0. The minimum absolute atomic E-state index is 0.132. The van der Waals surface area contributed by atoms with Gasteiger partial charge in [0.15, 0.2) is 0 Å². The molecule has 110 valence electrons. The van der Waals surface area contributed by atoms with Gasteiger partial charge in [0.1, 0.15) is 0 Å². The van der Waals surface area contributed by atoms with Gasteiger partial charge in [-0.25, -0.2) is 4.79 Å². The summed E-state index contributed by atoms with van der Waals surface area (Å²) in [5.41, 5.74) is 1.06. The van der Waals surface area contributed by atoms with E-state index in [4.69, 9.17) is 4.74 Å². The number of urea groups is 1. The average molecular weight is 278 g/mol. The van der Waals surface area contributed by atoms with Crippen molar-refractivity contribution in [2.75, 3.05) is 26.3 Å². The largest absolute Gasteiger partial charge is 0.391 e. The first-order valence-electron chi connectivity index (χ1n) is 7.02. The summed E-state index contributed by atoms with van der Waals surface area (Å²) in [5.74, 6) is 0. The molecule has 1 aromatic carbocycles. The Balaban J connectivity index is 1.81. The number of amides is 2. The molecule has 0 aliphatic carbocycles. The van der Waals surface area contributed by atoms with Crippen LogP contribution < -0.4 is 5.32 Å². The molecule has 0 spiro atoms. The highest BCUT2D eigenvalue weighted by Gasteiger charge is 2.21. The number of rotatable bonds is 4. The Bertz CT molecular complexity index is 418. The third-order valence-electron chi connectivity index (χ3n) is 3.51. The Kier molecular flexibility index (Phi) is 5.38. The van der Waals surface area contributed by atoms with E-state index in [2.05, 4.69) is 5.32 Å². The molecule has 20 heavy (non-hydrogen) atoms. The lowest BCUT2D eigenvalue weighted by Crippen LogP contribution is -2.51. The standard InChI is InChI=1S/C15H22N2O3/c1-12(14(18)11-13-5-3-2-4-6-13)16-15(19)17-7-9-20-10-8-17/h2-6,12,14,18H,7-11H2,1H3,(H,16,19). The fourth-order valence-electron chi connectivity index (χ4n) is 2.18. The molecule has 0 radical (unpaired) electrons. The minimum Gasteiger partial charge on any atom is -0.391 e. The van der Waals surface area contributed by atoms with E-state index < -0.39 is 6.10 Å². The number of carbonyl (C=O) groups is 1. The van der Waals surface area contributed by atoms with Crippen LogP contribution in [0.4, 0.5) is 4.79 Å². The first-order valence-corrected chi connectivity index (χ1v) is 7.02. The first kappa shape index (κ1) is 14.8. The molecular formula is C15H22N2O3. The van der Waals surface area contributed by atoms with Crippen LogP contribution in [0.2, 0.25) is 0 Å². The molecule has 2 atom stereocenters. The highest BCUT2D eigenvalue weighted by atomic mass is 16.5. The predicted molar refractivity (Wildman–Crippen MR) is 76.5 cm³/mol. The smallest absolute Gasteiger partial charge is 0.317 e. The summed E-state index contributed by atoms with van der Waals surface area (Å²) in [6.45, 7) is 4.19. The Labute approximate surface area is 119 Å². The summed E-state index contributed by atoms with van der Waals surface area (Å²) in [7, 11) is 0. The molecule has 2 amide bonds. The van der Waals surface area contributed by atoms with Crippen LogP contribution >= 0.6 is 0 Å². The average Bonchev–Trinajstić information content (AvgIpc) is 2.49. The van der Waals surface area contributed by atoms with Crippen LogP contribution in [0.3, 0.4) is 0 Å². The summed E-state index contributed by atoms with van der Waals surface area (Å²) in [6.07, 6.45) is -0.0619. The van der Waals surface area contributed by atoms with Crippen molar-refractivity contribution in [1.29, 1.82) is 0 Å². The van der Waals surface area contributed by atoms with E-state index >= 15 is 0 Å². The van der Waals surface area contributed by atoms with Crippen LogP contribution in [0.1, 0.15) is 12.5 Å². The van der Waals surface area contributed by atoms with Crippen molar-refractivity contribution in [2.45, 2.75) is 25.5 Å². The zero-order valence-electron chi connectivity index (χ0n) is 11.8. The quantitative estimate of drug-likeness (QED) is 0.864. The first-order chi connectivity index (χ1) is 9.66. The number of carbonyl (C=O) groups excluding carboxylic acids is 1. The number of ether oxygens (including phenoxy) is 1. The summed E-state index contributed by atoms with van der Waals surface area (Å²) in [5, 5.41) is 13.0. The van der Waals surface area contributed by atoms with Gasteiger partial charge in [-0.3, -0.25) is 0 Å². The van der Waals surface area contributed by atoms with Crippen molar-refractivity contribution in [3.63, 3.8) is 0 Å². The molecule has 2 rings (SSSR count). The zero-order chi connectivity index (χ0) is 14.4. The van der Waals surface area contributed by atoms with Crippen molar-refractivity contribution >= 4 is 6.03 Å². The van der Waals surface area contributed by atoms with Gasteiger partial charge >= 0.3 is 6.03 Å². The number of nitrogens with zero attached hydrogens (tertiary/aromatic N) is 1. The molecular weight excluding hydrogens is 256 g/mol. The fourth-order valence-corrected chi connectivity index (χ4v) is 2.18. The molecule has 0 bridgehead atoms. The van der Waals surface area contributed by atoms with E-state index in [1.165, 1.54) is 0 Å². The van der Waals surface area contributed by atoms with Gasteiger partial charge in [-0.05, 0) is 12.5 Å². The highest BCUT2D eigenvalue weighted by molar-refractivity contribution is 5.74. The summed E-state index contributed by atoms with van der Waals surface area (Å²) >= 11 is 0. The van der Waals surface area contributed by atoms with E-state index in [0.29, 0.717) is 32.7 Å². The van der Waals surface area contributed by atoms with Crippen molar-refractivity contribution in [3.8, 4) is 0 Å². The molecule has 1 aliphatic rings. The molecule has 0 saturated carbocycles. The van der Waals surface area contributed by atoms with Gasteiger partial charge in [0, 0.05) is 19.5 Å². The predicted octanol–water partition coefficient (Wildman–Crippen LogP) is 1.02. The van der Waals surface area contributed by atoms with Gasteiger partial charge in [-0.15, -0.1) is 0 Å². The van der Waals surface area contributed by atoms with E-state index in [0.717, 1.165) is 5.56 Å². The Morgan fingerprint density at radius 1 is 1.35 bits per heavy atom. The number of aliphatic hydroxyl groups excluding tert-OH is 1. The number of morpholine rings is 1. The number of nitrogens with one attached hydrogen (secondary N) is 1. The van der Waals surface area contributed by atoms with Gasteiger partial charge < -0.3 is 20.1 Å². The van der Waals surface area contributed by atoms with Gasteiger partial charge in [-0.1, -0.05) is 30.3 Å². The maximum Gasteiger partial charge on any atom is 0.317 e. The lowest BCUT2D eigenvalue weighted by atomic mass is 10.0. The number of hydrogen-bond acceptors (Lipinski definition) is 3. The van der Waals surface area contributed by atoms with Crippen LogP contribution in [0.15, 0.2) is 30.3 Å². The molecule has 1 fully saturated rings. The normalized spacial score (nSPS) is 18.4. The lowest BCUT2D eigenvalue weighted by molar-refractivity contribution is 0.0502. The van der Waals surface area contributed by atoms with Crippen LogP contribution in [0.25, 0.3) is 0 Å². The maximum absolute atomic E-state index is 12.0. The van der Waals surface area contributed by atoms with Crippen LogP contribution in [0, 0.1) is 0 Å². The van der Waals surface area contributed by atoms with Crippen molar-refractivity contribution in [1.82, 2.24) is 10.2 Å². The lowest BCUT2D eigenvalue weighted by Gasteiger charge is -2.29. The van der Waals surface area contributed by atoms with Gasteiger partial charge in [-0.2, -0.15) is 0 Å². The second kappa shape index (κ2) is 7.26. The summed E-state index contributed by atoms with van der Waals surface area (Å²) < 4.78 is 5.21. The van der Waals surface area contributed by atoms with Crippen LogP contribution in [-0.2, 0) is 11.2 Å². The molecule has 5 nitrogen and oxygen atoms in total. The minimum atomic E-state index is -0.595. The van der Waals surface area contributed by atoms with Crippen LogP contribution in [0.5, 0.6) is 0 Å². The molecule has 0 aromatic heterocycles. The second-order valence-corrected chi connectivity index (χ2v) is 5.09. The molecule has 1 heterocycles. The topological polar surface area (TPSA) is 61.8 Å². The van der Waals surface area contributed by atoms with Gasteiger partial charge in [0.2, 0.25) is 0 Å². The monoisotopic (exact) mass is 278 g/mol. The molecule has 5 heteroatoms. The molecule has 1 saturated heterocycles. The van der Waals surface area contributed by atoms with Gasteiger partial charge in [0.25, 0.3) is 0 Å². The SMILES string of the molecule is CC(NC(=O)N1CCOCC1)C(O)Cc1ccccc1.